The van der Waals surface area contributed by atoms with Crippen LogP contribution in [0.4, 0.5) is 0 Å². The van der Waals surface area contributed by atoms with E-state index < -0.39 is 24.1 Å². The first-order valence-corrected chi connectivity index (χ1v) is 20.3. The summed E-state index contributed by atoms with van der Waals surface area (Å²) < 4.78 is 9.72. The Morgan fingerprint density at radius 2 is 0.653 bits per heavy atom. The van der Waals surface area contributed by atoms with Crippen molar-refractivity contribution in [2.45, 2.75) is 220 Å². The minimum absolute atomic E-state index is 0. The molecule has 0 aliphatic carbocycles. The molecule has 0 aromatic heterocycles. The first-order chi connectivity index (χ1) is 23.4. The molecule has 0 radical (unpaired) electrons. The van der Waals surface area contributed by atoms with Gasteiger partial charge in [-0.3, -0.25) is 9.59 Å². The molecule has 0 aromatic carbocycles. The van der Waals surface area contributed by atoms with E-state index in [1.165, 1.54) is 168 Å². The van der Waals surface area contributed by atoms with Crippen molar-refractivity contribution < 1.29 is 29.3 Å². The molecule has 6 nitrogen and oxygen atoms in total. The zero-order valence-corrected chi connectivity index (χ0v) is 37.3. The summed E-state index contributed by atoms with van der Waals surface area (Å²) in [5.74, 6) is -1.24. The Bertz CT molecular complexity index is 662. The molecule has 284 valence electrons. The van der Waals surface area contributed by atoms with Crippen molar-refractivity contribution >= 4 is 60.8 Å². The van der Waals surface area contributed by atoms with Crippen molar-refractivity contribution in [3.63, 3.8) is 0 Å². The van der Waals surface area contributed by atoms with Gasteiger partial charge in [-0.05, 0) is 76.4 Å². The summed E-state index contributed by atoms with van der Waals surface area (Å²) in [6.45, 7) is 7.96. The zero-order valence-electron chi connectivity index (χ0n) is 32.8. The third-order valence-corrected chi connectivity index (χ3v) is 8.46. The number of carbonyl (C=O) groups is 2. The van der Waals surface area contributed by atoms with Crippen molar-refractivity contribution in [2.24, 2.45) is 0 Å². The fourth-order valence-corrected chi connectivity index (χ4v) is 5.28. The molecular weight excluding hydrogens is 738 g/mol. The minimum atomic E-state index is -1.25. The van der Waals surface area contributed by atoms with E-state index in [1.54, 1.807) is 0 Å². The normalized spacial score (nSPS) is 12.4. The van der Waals surface area contributed by atoms with Crippen LogP contribution in [0.25, 0.3) is 0 Å². The molecule has 0 rings (SSSR count). The summed E-state index contributed by atoms with van der Waals surface area (Å²) in [4.78, 5) is 21.9. The van der Waals surface area contributed by atoms with Crippen LogP contribution in [0.3, 0.4) is 0 Å². The van der Waals surface area contributed by atoms with Gasteiger partial charge in [0.25, 0.3) is 11.9 Å². The molecule has 0 N–H and O–H groups in total. The van der Waals surface area contributed by atoms with Crippen LogP contribution < -0.4 is 10.2 Å². The Morgan fingerprint density at radius 3 is 0.898 bits per heavy atom. The third kappa shape index (κ3) is 47.9. The number of allylic oxidation sites excluding steroid dienone is 4. The van der Waals surface area contributed by atoms with E-state index in [2.05, 4.69) is 38.2 Å². The first-order valence-electron chi connectivity index (χ1n) is 20.3. The van der Waals surface area contributed by atoms with Crippen LogP contribution in [0.15, 0.2) is 24.3 Å². The van der Waals surface area contributed by atoms with Crippen LogP contribution in [0.2, 0.25) is 0 Å². The summed E-state index contributed by atoms with van der Waals surface area (Å²) in [6.07, 6.45) is 42.1. The molecule has 0 aliphatic heterocycles. The number of esters is 2. The molecular formula is C42H78BaO6. The number of carbonyl (C=O) groups excluding carboxylic acids is 2. The molecule has 0 aromatic rings. The summed E-state index contributed by atoms with van der Waals surface area (Å²) >= 11 is 0. The van der Waals surface area contributed by atoms with Gasteiger partial charge in [-0.25, -0.2) is 0 Å². The van der Waals surface area contributed by atoms with Crippen LogP contribution in [0.1, 0.15) is 207 Å². The Kier molecular flexibility index (Phi) is 49.9. The van der Waals surface area contributed by atoms with Crippen molar-refractivity contribution in [1.29, 1.82) is 0 Å². The second kappa shape index (κ2) is 45.9. The maximum atomic E-state index is 11.0. The Hall–Kier alpha value is -0.0886. The van der Waals surface area contributed by atoms with Gasteiger partial charge in [0, 0.05) is 0 Å². The van der Waals surface area contributed by atoms with Crippen LogP contribution in [0, 0.1) is 0 Å². The fourth-order valence-electron chi connectivity index (χ4n) is 5.28. The summed E-state index contributed by atoms with van der Waals surface area (Å²) in [6, 6.07) is 0. The largest absolute Gasteiger partial charge is 2.00 e. The van der Waals surface area contributed by atoms with Gasteiger partial charge in [-0.2, -0.15) is 0 Å². The monoisotopic (exact) mass is 816 g/mol. The molecule has 0 heterocycles. The average molecular weight is 816 g/mol. The smallest absolute Gasteiger partial charge is 0.844 e. The van der Waals surface area contributed by atoms with Crippen molar-refractivity contribution in [1.82, 2.24) is 0 Å². The molecule has 0 bridgehead atoms. The molecule has 0 amide bonds. The van der Waals surface area contributed by atoms with Crippen molar-refractivity contribution in [2.75, 3.05) is 13.2 Å². The van der Waals surface area contributed by atoms with Gasteiger partial charge in [0.05, 0.1) is 13.2 Å². The average Bonchev–Trinajstić information content (AvgIpc) is 3.07. The second-order valence-electron chi connectivity index (χ2n) is 13.5. The van der Waals surface area contributed by atoms with Gasteiger partial charge in [0.2, 0.25) is 0 Å². The van der Waals surface area contributed by atoms with Crippen LogP contribution in [-0.2, 0) is 19.1 Å². The summed E-state index contributed by atoms with van der Waals surface area (Å²) in [7, 11) is 0. The fraction of sp³-hybridized carbons (Fsp3) is 0.857. The Labute approximate surface area is 344 Å². The van der Waals surface area contributed by atoms with E-state index in [0.29, 0.717) is 13.2 Å². The second-order valence-corrected chi connectivity index (χ2v) is 13.5. The van der Waals surface area contributed by atoms with Crippen LogP contribution >= 0.6 is 0 Å². The molecule has 0 fully saturated rings. The molecule has 7 heteroatoms. The molecule has 2 unspecified atom stereocenters. The Morgan fingerprint density at radius 1 is 0.429 bits per heavy atom. The van der Waals surface area contributed by atoms with Crippen molar-refractivity contribution in [3.05, 3.63) is 24.3 Å². The molecule has 0 saturated carbocycles. The molecule has 0 aliphatic rings. The number of ether oxygens (including phenoxy) is 2. The number of hydrogen-bond acceptors (Lipinski definition) is 6. The first kappa shape index (κ1) is 53.3. The molecule has 0 spiro atoms. The SMILES string of the molecule is CCCCCCCC/C=C\CCCCCCCCOC(=O)C(C)[O-].CCCCCCCC/C=C\CCCCCCCCOC(=O)C(C)[O-].[Ba+2]. The van der Waals surface area contributed by atoms with Crippen LogP contribution in [-0.4, -0.2) is 86.2 Å². The Balaban J connectivity index is -0.000000846. The minimum Gasteiger partial charge on any atom is -0.844 e. The topological polar surface area (TPSA) is 98.7 Å². The number of unbranched alkanes of at least 4 members (excludes halogenated alkanes) is 24. The van der Waals surface area contributed by atoms with Gasteiger partial charge in [0.1, 0.15) is 0 Å². The van der Waals surface area contributed by atoms with Gasteiger partial charge >= 0.3 is 48.9 Å². The van der Waals surface area contributed by atoms with Crippen molar-refractivity contribution in [3.8, 4) is 0 Å². The van der Waals surface area contributed by atoms with Gasteiger partial charge in [-0.1, -0.05) is 168 Å². The van der Waals surface area contributed by atoms with E-state index in [0.717, 1.165) is 25.7 Å². The van der Waals surface area contributed by atoms with E-state index in [1.807, 2.05) is 0 Å². The predicted molar refractivity (Wildman–Crippen MR) is 205 cm³/mol. The van der Waals surface area contributed by atoms with Crippen LogP contribution in [0.5, 0.6) is 0 Å². The zero-order chi connectivity index (χ0) is 35.8. The molecule has 2 atom stereocenters. The van der Waals surface area contributed by atoms with Gasteiger partial charge in [-0.15, -0.1) is 0 Å². The molecule has 0 saturated heterocycles. The summed E-state index contributed by atoms with van der Waals surface area (Å²) in [5.41, 5.74) is 0. The van der Waals surface area contributed by atoms with E-state index in [-0.39, 0.29) is 48.9 Å². The third-order valence-electron chi connectivity index (χ3n) is 8.46. The van der Waals surface area contributed by atoms with Gasteiger partial charge < -0.3 is 19.7 Å². The quantitative estimate of drug-likeness (QED) is 0.0278. The maximum absolute atomic E-state index is 11.0. The number of hydrogen-bond donors (Lipinski definition) is 0. The maximum Gasteiger partial charge on any atom is 2.00 e. The standard InChI is InChI=1S/2C21H39O3.Ba/c2*1-3-4-5-6-7-8-9-10-11-12-13-14-15-16-17-18-19-24-21(23)20(2)22;/h2*10-11,20H,3-9,12-19H2,1-2H3;/q2*-1;+2/b2*11-10-;. The molecule has 49 heavy (non-hydrogen) atoms. The predicted octanol–water partition coefficient (Wildman–Crippen LogP) is 10.3. The van der Waals surface area contributed by atoms with E-state index in [9.17, 15) is 19.8 Å². The number of rotatable bonds is 34. The van der Waals surface area contributed by atoms with E-state index in [4.69, 9.17) is 9.47 Å². The summed E-state index contributed by atoms with van der Waals surface area (Å²) in [5, 5.41) is 21.5. The van der Waals surface area contributed by atoms with Gasteiger partial charge in [0.15, 0.2) is 0 Å². The van der Waals surface area contributed by atoms with E-state index >= 15 is 0 Å².